The number of hydrogen-bond acceptors (Lipinski definition) is 7. The molecule has 7 nitrogen and oxygen atoms in total. The summed E-state index contributed by atoms with van der Waals surface area (Å²) in [5, 5.41) is 2.94. The lowest BCUT2D eigenvalue weighted by Crippen LogP contribution is -2.28. The van der Waals surface area contributed by atoms with E-state index >= 15 is 0 Å². The Labute approximate surface area is 199 Å². The van der Waals surface area contributed by atoms with Crippen LogP contribution in [0.25, 0.3) is 0 Å². The lowest BCUT2D eigenvalue weighted by molar-refractivity contribution is -0.129. The molecule has 0 fully saturated rings. The van der Waals surface area contributed by atoms with Gasteiger partial charge in [0.25, 0.3) is 0 Å². The topological polar surface area (TPSA) is 90.9 Å². The molecule has 0 bridgehead atoms. The standard InChI is InChI=1S/C25H31NO6S/c1-16(19-13-17(30-5)11-12-20(19)31-6)26-23(28)15-33-21-10-8-7-9-18(21)24(29)32-14-22(27)25(2,3)4/h7-13,16H,14-15H2,1-6H3,(H,26,28)/t16-/m0/s1. The smallest absolute Gasteiger partial charge is 0.339 e. The summed E-state index contributed by atoms with van der Waals surface area (Å²) in [5.41, 5.74) is 0.525. The van der Waals surface area contributed by atoms with Gasteiger partial charge in [-0.15, -0.1) is 11.8 Å². The van der Waals surface area contributed by atoms with Gasteiger partial charge in [-0.25, -0.2) is 4.79 Å². The summed E-state index contributed by atoms with van der Waals surface area (Å²) in [4.78, 5) is 37.8. The van der Waals surface area contributed by atoms with Gasteiger partial charge < -0.3 is 19.5 Å². The highest BCUT2D eigenvalue weighted by molar-refractivity contribution is 8.00. The van der Waals surface area contributed by atoms with E-state index in [1.54, 1.807) is 71.4 Å². The number of amides is 1. The maximum atomic E-state index is 12.6. The van der Waals surface area contributed by atoms with Crippen molar-refractivity contribution in [3.63, 3.8) is 0 Å². The maximum absolute atomic E-state index is 12.6. The fraction of sp³-hybridized carbons (Fsp3) is 0.400. The van der Waals surface area contributed by atoms with Crippen LogP contribution in [0.2, 0.25) is 0 Å². The van der Waals surface area contributed by atoms with Crippen LogP contribution < -0.4 is 14.8 Å². The molecular weight excluding hydrogens is 442 g/mol. The highest BCUT2D eigenvalue weighted by atomic mass is 32.2. The van der Waals surface area contributed by atoms with E-state index in [2.05, 4.69) is 5.32 Å². The monoisotopic (exact) mass is 473 g/mol. The molecule has 0 aliphatic heterocycles. The second-order valence-electron chi connectivity index (χ2n) is 8.43. The van der Waals surface area contributed by atoms with Gasteiger partial charge in [0, 0.05) is 15.9 Å². The predicted octanol–water partition coefficient (Wildman–Crippen LogP) is 4.45. The second kappa shape index (κ2) is 11.7. The van der Waals surface area contributed by atoms with Gasteiger partial charge >= 0.3 is 5.97 Å². The normalized spacial score (nSPS) is 11.9. The number of benzene rings is 2. The summed E-state index contributed by atoms with van der Waals surface area (Å²) in [6.45, 7) is 6.88. The molecule has 8 heteroatoms. The Morgan fingerprint density at radius 3 is 2.36 bits per heavy atom. The lowest BCUT2D eigenvalue weighted by Gasteiger charge is -2.18. The molecule has 2 aromatic carbocycles. The molecule has 1 atom stereocenters. The Hall–Kier alpha value is -3.00. The van der Waals surface area contributed by atoms with Crippen molar-refractivity contribution < 1.29 is 28.6 Å². The van der Waals surface area contributed by atoms with E-state index in [9.17, 15) is 14.4 Å². The van der Waals surface area contributed by atoms with Crippen LogP contribution in [0.1, 0.15) is 49.7 Å². The van der Waals surface area contributed by atoms with Crippen molar-refractivity contribution in [3.05, 3.63) is 53.6 Å². The Bertz CT molecular complexity index is 999. The molecule has 0 saturated heterocycles. The Balaban J connectivity index is 2.01. The number of rotatable bonds is 10. The van der Waals surface area contributed by atoms with Crippen molar-refractivity contribution in [1.82, 2.24) is 5.32 Å². The number of methoxy groups -OCH3 is 2. The number of hydrogen-bond donors (Lipinski definition) is 1. The molecule has 0 saturated carbocycles. The van der Waals surface area contributed by atoms with E-state index in [-0.39, 0.29) is 30.1 Å². The van der Waals surface area contributed by atoms with Crippen LogP contribution in [-0.2, 0) is 14.3 Å². The number of carbonyl (C=O) groups excluding carboxylic acids is 3. The van der Waals surface area contributed by atoms with Crippen molar-refractivity contribution in [2.75, 3.05) is 26.6 Å². The third-order valence-electron chi connectivity index (χ3n) is 4.92. The lowest BCUT2D eigenvalue weighted by atomic mass is 9.91. The quantitative estimate of drug-likeness (QED) is 0.403. The van der Waals surface area contributed by atoms with Crippen LogP contribution >= 0.6 is 11.8 Å². The van der Waals surface area contributed by atoms with Crippen molar-refractivity contribution >= 4 is 29.4 Å². The minimum absolute atomic E-state index is 0.0990. The highest BCUT2D eigenvalue weighted by Crippen LogP contribution is 2.30. The Kier molecular flexibility index (Phi) is 9.34. The zero-order valence-corrected chi connectivity index (χ0v) is 20.7. The first-order valence-corrected chi connectivity index (χ1v) is 11.5. The molecule has 0 radical (unpaired) electrons. The van der Waals surface area contributed by atoms with Crippen LogP contribution in [0, 0.1) is 5.41 Å². The number of ether oxygens (including phenoxy) is 3. The van der Waals surface area contributed by atoms with E-state index in [1.807, 2.05) is 13.0 Å². The van der Waals surface area contributed by atoms with Crippen molar-refractivity contribution in [2.24, 2.45) is 5.41 Å². The molecule has 33 heavy (non-hydrogen) atoms. The first kappa shape index (κ1) is 26.3. The molecule has 1 N–H and O–H groups in total. The van der Waals surface area contributed by atoms with Crippen LogP contribution in [-0.4, -0.2) is 44.2 Å². The van der Waals surface area contributed by atoms with E-state index in [0.29, 0.717) is 22.0 Å². The summed E-state index contributed by atoms with van der Waals surface area (Å²) in [6, 6.07) is 11.9. The van der Waals surface area contributed by atoms with Gasteiger partial charge in [0.15, 0.2) is 12.4 Å². The average molecular weight is 474 g/mol. The number of thioether (sulfide) groups is 1. The molecule has 0 aliphatic carbocycles. The summed E-state index contributed by atoms with van der Waals surface area (Å²) in [5.74, 6) is 0.450. The van der Waals surface area contributed by atoms with Gasteiger partial charge in [-0.2, -0.15) is 0 Å². The first-order valence-electron chi connectivity index (χ1n) is 10.5. The second-order valence-corrected chi connectivity index (χ2v) is 9.45. The fourth-order valence-electron chi connectivity index (χ4n) is 2.87. The van der Waals surface area contributed by atoms with Crippen LogP contribution in [0.3, 0.4) is 0 Å². The molecule has 1 amide bonds. The molecule has 178 valence electrons. The first-order chi connectivity index (χ1) is 15.6. The van der Waals surface area contributed by atoms with Gasteiger partial charge in [-0.3, -0.25) is 9.59 Å². The third kappa shape index (κ3) is 7.53. The van der Waals surface area contributed by atoms with Crippen LogP contribution in [0.15, 0.2) is 47.4 Å². The molecule has 2 rings (SSSR count). The van der Waals surface area contributed by atoms with Crippen molar-refractivity contribution in [2.45, 2.75) is 38.6 Å². The average Bonchev–Trinajstić information content (AvgIpc) is 2.79. The third-order valence-corrected chi connectivity index (χ3v) is 5.99. The summed E-state index contributed by atoms with van der Waals surface area (Å²) >= 11 is 1.22. The number of nitrogens with one attached hydrogen (secondary N) is 1. The zero-order chi connectivity index (χ0) is 24.6. The van der Waals surface area contributed by atoms with E-state index in [1.165, 1.54) is 11.8 Å². The minimum Gasteiger partial charge on any atom is -0.497 e. The summed E-state index contributed by atoms with van der Waals surface area (Å²) in [7, 11) is 3.15. The number of ketones is 1. The molecule has 0 aromatic heterocycles. The minimum atomic E-state index is -0.592. The SMILES string of the molecule is COc1ccc(OC)c([C@H](C)NC(=O)CSc2ccccc2C(=O)OCC(=O)C(C)(C)C)c1. The summed E-state index contributed by atoms with van der Waals surface area (Å²) < 4.78 is 15.9. The molecule has 2 aromatic rings. The fourth-order valence-corrected chi connectivity index (χ4v) is 3.72. The number of Topliss-reactive ketones (excluding diaryl/α,β-unsaturated/α-hetero) is 1. The van der Waals surface area contributed by atoms with Gasteiger partial charge in [0.2, 0.25) is 5.91 Å². The molecule has 0 spiro atoms. The zero-order valence-electron chi connectivity index (χ0n) is 19.9. The van der Waals surface area contributed by atoms with Crippen molar-refractivity contribution in [3.8, 4) is 11.5 Å². The summed E-state index contributed by atoms with van der Waals surface area (Å²) in [6.07, 6.45) is 0. The molecule has 0 heterocycles. The van der Waals surface area contributed by atoms with Gasteiger partial charge in [0.1, 0.15) is 11.5 Å². The van der Waals surface area contributed by atoms with Crippen LogP contribution in [0.5, 0.6) is 11.5 Å². The molecule has 0 unspecified atom stereocenters. The Morgan fingerprint density at radius 1 is 1.03 bits per heavy atom. The van der Waals surface area contributed by atoms with Gasteiger partial charge in [-0.05, 0) is 37.3 Å². The van der Waals surface area contributed by atoms with Crippen LogP contribution in [0.4, 0.5) is 0 Å². The largest absolute Gasteiger partial charge is 0.497 e. The van der Waals surface area contributed by atoms with Gasteiger partial charge in [-0.1, -0.05) is 32.9 Å². The van der Waals surface area contributed by atoms with E-state index < -0.39 is 11.4 Å². The highest BCUT2D eigenvalue weighted by Gasteiger charge is 2.23. The maximum Gasteiger partial charge on any atom is 0.339 e. The number of carbonyl (C=O) groups is 3. The number of esters is 1. The van der Waals surface area contributed by atoms with Gasteiger partial charge in [0.05, 0.1) is 31.6 Å². The van der Waals surface area contributed by atoms with E-state index in [0.717, 1.165) is 5.56 Å². The molecule has 0 aliphatic rings. The predicted molar refractivity (Wildman–Crippen MR) is 128 cm³/mol. The van der Waals surface area contributed by atoms with Crippen molar-refractivity contribution in [1.29, 1.82) is 0 Å². The Morgan fingerprint density at radius 2 is 1.73 bits per heavy atom. The van der Waals surface area contributed by atoms with E-state index in [4.69, 9.17) is 14.2 Å². The molecular formula is C25H31NO6S.